The topological polar surface area (TPSA) is 46.6 Å². The number of halogens is 2. The van der Waals surface area contributed by atoms with Crippen LogP contribution < -0.4 is 9.64 Å². The van der Waals surface area contributed by atoms with Crippen LogP contribution in [0.25, 0.3) is 5.57 Å². The predicted molar refractivity (Wildman–Crippen MR) is 107 cm³/mol. The van der Waals surface area contributed by atoms with Gasteiger partial charge in [0.15, 0.2) is 0 Å². The van der Waals surface area contributed by atoms with E-state index < -0.39 is 5.91 Å². The molecule has 2 aromatic carbocycles. The Hall–Kier alpha value is -1.95. The van der Waals surface area contributed by atoms with E-state index in [1.54, 1.807) is 49.6 Å². The number of hydrogen-bond donors (Lipinski definition) is 0. The second-order valence-corrected chi connectivity index (χ2v) is 7.52. The van der Waals surface area contributed by atoms with Gasteiger partial charge in [0.05, 0.1) is 28.3 Å². The number of rotatable bonds is 5. The number of ether oxygens (including phenoxy) is 1. The van der Waals surface area contributed by atoms with Crippen molar-refractivity contribution in [2.45, 2.75) is 6.92 Å². The van der Waals surface area contributed by atoms with E-state index in [1.165, 1.54) is 11.8 Å². The lowest BCUT2D eigenvalue weighted by molar-refractivity contribution is -0.119. The van der Waals surface area contributed by atoms with Gasteiger partial charge < -0.3 is 4.74 Å². The van der Waals surface area contributed by atoms with Crippen LogP contribution in [0, 0.1) is 0 Å². The number of imide groups is 1. The van der Waals surface area contributed by atoms with Crippen molar-refractivity contribution < 1.29 is 14.3 Å². The molecule has 26 heavy (non-hydrogen) atoms. The first-order valence-corrected chi connectivity index (χ1v) is 9.57. The summed E-state index contributed by atoms with van der Waals surface area (Å²) < 4.78 is 5.13. The molecule has 134 valence electrons. The van der Waals surface area contributed by atoms with Gasteiger partial charge in [-0.15, -0.1) is 11.8 Å². The molecule has 0 unspecified atom stereocenters. The van der Waals surface area contributed by atoms with Crippen LogP contribution in [0.15, 0.2) is 47.4 Å². The third kappa shape index (κ3) is 3.34. The van der Waals surface area contributed by atoms with Crippen LogP contribution >= 0.6 is 35.0 Å². The fourth-order valence-corrected chi connectivity index (χ4v) is 4.03. The number of carbonyl (C=O) groups excluding carboxylic acids is 2. The van der Waals surface area contributed by atoms with Gasteiger partial charge in [-0.3, -0.25) is 9.59 Å². The van der Waals surface area contributed by atoms with Crippen molar-refractivity contribution in [2.75, 3.05) is 17.8 Å². The summed E-state index contributed by atoms with van der Waals surface area (Å²) in [4.78, 5) is 27.6. The summed E-state index contributed by atoms with van der Waals surface area (Å²) in [6.45, 7) is 1.92. The molecule has 3 rings (SSSR count). The van der Waals surface area contributed by atoms with Crippen LogP contribution in [0.3, 0.4) is 0 Å². The Morgan fingerprint density at radius 1 is 1.04 bits per heavy atom. The van der Waals surface area contributed by atoms with E-state index in [4.69, 9.17) is 27.9 Å². The number of amides is 2. The van der Waals surface area contributed by atoms with Crippen molar-refractivity contribution in [1.29, 1.82) is 0 Å². The molecule has 7 heteroatoms. The molecule has 0 saturated heterocycles. The predicted octanol–water partition coefficient (Wildman–Crippen LogP) is 5.04. The molecule has 0 aliphatic carbocycles. The molecule has 0 radical (unpaired) electrons. The van der Waals surface area contributed by atoms with Crippen LogP contribution in [0.5, 0.6) is 5.75 Å². The van der Waals surface area contributed by atoms with Gasteiger partial charge >= 0.3 is 0 Å². The van der Waals surface area contributed by atoms with E-state index in [9.17, 15) is 9.59 Å². The number of anilines is 1. The lowest BCUT2D eigenvalue weighted by Crippen LogP contribution is -2.31. The molecule has 0 spiro atoms. The molecule has 1 aliphatic heterocycles. The molecule has 1 heterocycles. The highest BCUT2D eigenvalue weighted by Crippen LogP contribution is 2.41. The fourth-order valence-electron chi connectivity index (χ4n) is 2.68. The Labute approximate surface area is 165 Å². The first-order chi connectivity index (χ1) is 12.5. The zero-order chi connectivity index (χ0) is 18.8. The summed E-state index contributed by atoms with van der Waals surface area (Å²) >= 11 is 13.6. The molecular weight excluding hydrogens is 393 g/mol. The monoisotopic (exact) mass is 407 g/mol. The van der Waals surface area contributed by atoms with Crippen molar-refractivity contribution in [3.05, 3.63) is 63.0 Å². The van der Waals surface area contributed by atoms with Gasteiger partial charge in [-0.1, -0.05) is 36.2 Å². The van der Waals surface area contributed by atoms with Gasteiger partial charge in [-0.25, -0.2) is 4.90 Å². The van der Waals surface area contributed by atoms with Gasteiger partial charge in [0, 0.05) is 10.6 Å². The maximum atomic E-state index is 13.1. The minimum absolute atomic E-state index is 0.305. The van der Waals surface area contributed by atoms with E-state index in [0.29, 0.717) is 43.3 Å². The summed E-state index contributed by atoms with van der Waals surface area (Å²) in [5.74, 6) is 0.540. The van der Waals surface area contributed by atoms with E-state index in [1.807, 2.05) is 6.92 Å². The molecule has 0 saturated carbocycles. The number of nitrogens with zero attached hydrogens (tertiary/aromatic N) is 1. The maximum absolute atomic E-state index is 13.1. The summed E-state index contributed by atoms with van der Waals surface area (Å²) in [5.41, 5.74) is 1.29. The SMILES string of the molecule is CCSC1=C(c2ccc(Cl)cc2Cl)C(=O)N(c2ccc(OC)cc2)C1=O. The number of methoxy groups -OCH3 is 1. The lowest BCUT2D eigenvalue weighted by atomic mass is 10.1. The van der Waals surface area contributed by atoms with Gasteiger partial charge in [-0.05, 0) is 42.2 Å². The first-order valence-electron chi connectivity index (χ1n) is 7.83. The van der Waals surface area contributed by atoms with E-state index in [-0.39, 0.29) is 5.91 Å². The molecule has 4 nitrogen and oxygen atoms in total. The highest BCUT2D eigenvalue weighted by Gasteiger charge is 2.40. The largest absolute Gasteiger partial charge is 0.497 e. The smallest absolute Gasteiger partial charge is 0.272 e. The Morgan fingerprint density at radius 3 is 2.31 bits per heavy atom. The number of carbonyl (C=O) groups is 2. The third-order valence-corrected chi connectivity index (χ3v) is 5.37. The molecule has 0 atom stereocenters. The van der Waals surface area contributed by atoms with Crippen LogP contribution in [0.2, 0.25) is 10.0 Å². The minimum atomic E-state index is -0.402. The number of hydrogen-bond acceptors (Lipinski definition) is 4. The Balaban J connectivity index is 2.09. The molecule has 0 aromatic heterocycles. The molecule has 2 aromatic rings. The summed E-state index contributed by atoms with van der Waals surface area (Å²) in [5, 5.41) is 0.798. The van der Waals surface area contributed by atoms with Gasteiger partial charge in [-0.2, -0.15) is 0 Å². The third-order valence-electron chi connectivity index (χ3n) is 3.86. The zero-order valence-electron chi connectivity index (χ0n) is 14.1. The van der Waals surface area contributed by atoms with Crippen LogP contribution in [0.4, 0.5) is 5.69 Å². The molecule has 1 aliphatic rings. The summed E-state index contributed by atoms with van der Waals surface area (Å²) in [6, 6.07) is 11.6. The summed E-state index contributed by atoms with van der Waals surface area (Å²) in [7, 11) is 1.55. The van der Waals surface area contributed by atoms with Crippen molar-refractivity contribution in [2.24, 2.45) is 0 Å². The Bertz CT molecular complexity index is 910. The highest BCUT2D eigenvalue weighted by molar-refractivity contribution is 8.04. The summed E-state index contributed by atoms with van der Waals surface area (Å²) in [6.07, 6.45) is 0. The van der Waals surface area contributed by atoms with Crippen molar-refractivity contribution in [3.63, 3.8) is 0 Å². The second kappa shape index (κ2) is 7.74. The molecular formula is C19H15Cl2NO3S. The van der Waals surface area contributed by atoms with E-state index in [0.717, 1.165) is 4.90 Å². The standard InChI is InChI=1S/C19H15Cl2NO3S/c1-3-26-17-16(14-9-4-11(20)10-15(14)21)18(23)22(19(17)24)12-5-7-13(25-2)8-6-12/h4-10H,3H2,1-2H3. The van der Waals surface area contributed by atoms with Crippen molar-refractivity contribution >= 4 is 58.0 Å². The average molecular weight is 408 g/mol. The minimum Gasteiger partial charge on any atom is -0.497 e. The molecule has 0 N–H and O–H groups in total. The van der Waals surface area contributed by atoms with Gasteiger partial charge in [0.1, 0.15) is 5.75 Å². The van der Waals surface area contributed by atoms with Crippen molar-refractivity contribution in [3.8, 4) is 5.75 Å². The average Bonchev–Trinajstić information content (AvgIpc) is 2.86. The van der Waals surface area contributed by atoms with Gasteiger partial charge in [0.25, 0.3) is 11.8 Å². The van der Waals surface area contributed by atoms with Crippen molar-refractivity contribution in [1.82, 2.24) is 0 Å². The lowest BCUT2D eigenvalue weighted by Gasteiger charge is -2.15. The van der Waals surface area contributed by atoms with Crippen LogP contribution in [-0.4, -0.2) is 24.7 Å². The number of thioether (sulfide) groups is 1. The number of benzene rings is 2. The van der Waals surface area contributed by atoms with Crippen LogP contribution in [0.1, 0.15) is 12.5 Å². The van der Waals surface area contributed by atoms with Gasteiger partial charge in [0.2, 0.25) is 0 Å². The zero-order valence-corrected chi connectivity index (χ0v) is 16.4. The normalized spacial score (nSPS) is 14.4. The first kappa shape index (κ1) is 18.8. The molecule has 2 amide bonds. The maximum Gasteiger partial charge on any atom is 0.272 e. The fraction of sp³-hybridized carbons (Fsp3) is 0.158. The molecule has 0 bridgehead atoms. The highest BCUT2D eigenvalue weighted by atomic mass is 35.5. The quantitative estimate of drug-likeness (QED) is 0.651. The van der Waals surface area contributed by atoms with E-state index >= 15 is 0 Å². The van der Waals surface area contributed by atoms with Crippen LogP contribution in [-0.2, 0) is 9.59 Å². The molecule has 0 fully saturated rings. The Morgan fingerprint density at radius 2 is 1.73 bits per heavy atom. The second-order valence-electron chi connectivity index (χ2n) is 5.41. The Kier molecular flexibility index (Phi) is 5.61. The van der Waals surface area contributed by atoms with E-state index in [2.05, 4.69) is 0 Å².